The van der Waals surface area contributed by atoms with Crippen molar-refractivity contribution < 1.29 is 9.53 Å². The molecule has 0 saturated carbocycles. The third-order valence-corrected chi connectivity index (χ3v) is 4.34. The SMILES string of the molecule is CCN(CCOC)C(=O)c1cc(N)n2nc(-c3nccs3)nc2c1. The molecule has 0 bridgehead atoms. The maximum absolute atomic E-state index is 12.7. The molecule has 0 spiro atoms. The largest absolute Gasteiger partial charge is 0.384 e. The van der Waals surface area contributed by atoms with Crippen LogP contribution in [0.4, 0.5) is 5.82 Å². The van der Waals surface area contributed by atoms with Gasteiger partial charge in [-0.25, -0.2) is 9.97 Å². The van der Waals surface area contributed by atoms with Crippen molar-refractivity contribution in [3.63, 3.8) is 0 Å². The summed E-state index contributed by atoms with van der Waals surface area (Å²) in [5, 5.41) is 6.92. The average molecular weight is 346 g/mol. The number of carbonyl (C=O) groups excluding carboxylic acids is 1. The minimum Gasteiger partial charge on any atom is -0.384 e. The molecule has 0 fully saturated rings. The van der Waals surface area contributed by atoms with Gasteiger partial charge >= 0.3 is 0 Å². The third kappa shape index (κ3) is 3.08. The van der Waals surface area contributed by atoms with Gasteiger partial charge in [-0.1, -0.05) is 0 Å². The predicted molar refractivity (Wildman–Crippen MR) is 92.0 cm³/mol. The number of hydrogen-bond donors (Lipinski definition) is 1. The van der Waals surface area contributed by atoms with Crippen molar-refractivity contribution in [3.8, 4) is 10.8 Å². The summed E-state index contributed by atoms with van der Waals surface area (Å²) in [5.74, 6) is 0.740. The highest BCUT2D eigenvalue weighted by atomic mass is 32.1. The molecule has 8 nitrogen and oxygen atoms in total. The van der Waals surface area contributed by atoms with Crippen LogP contribution in [-0.2, 0) is 4.74 Å². The number of fused-ring (bicyclic) bond motifs is 1. The molecule has 3 heterocycles. The van der Waals surface area contributed by atoms with E-state index < -0.39 is 0 Å². The highest BCUT2D eigenvalue weighted by molar-refractivity contribution is 7.13. The molecule has 0 aromatic carbocycles. The number of methoxy groups -OCH3 is 1. The van der Waals surface area contributed by atoms with E-state index in [0.717, 1.165) is 0 Å². The lowest BCUT2D eigenvalue weighted by atomic mass is 10.2. The predicted octanol–water partition coefficient (Wildman–Crippen LogP) is 1.54. The Morgan fingerprint density at radius 1 is 1.46 bits per heavy atom. The molecule has 0 aliphatic rings. The number of nitrogens with two attached hydrogens (primary N) is 1. The molecule has 1 amide bonds. The van der Waals surface area contributed by atoms with Gasteiger partial charge in [0, 0.05) is 37.3 Å². The molecular weight excluding hydrogens is 328 g/mol. The summed E-state index contributed by atoms with van der Waals surface area (Å²) < 4.78 is 6.56. The molecule has 24 heavy (non-hydrogen) atoms. The minimum absolute atomic E-state index is 0.109. The first kappa shape index (κ1) is 16.3. The number of amides is 1. The van der Waals surface area contributed by atoms with E-state index in [-0.39, 0.29) is 5.91 Å². The molecule has 3 aromatic heterocycles. The second-order valence-electron chi connectivity index (χ2n) is 5.09. The maximum Gasteiger partial charge on any atom is 0.254 e. The number of carbonyl (C=O) groups is 1. The zero-order chi connectivity index (χ0) is 17.1. The zero-order valence-corrected chi connectivity index (χ0v) is 14.3. The van der Waals surface area contributed by atoms with Crippen LogP contribution in [0.15, 0.2) is 23.7 Å². The minimum atomic E-state index is -0.109. The Morgan fingerprint density at radius 2 is 2.29 bits per heavy atom. The number of aromatic nitrogens is 4. The molecule has 0 unspecified atom stereocenters. The van der Waals surface area contributed by atoms with E-state index in [4.69, 9.17) is 10.5 Å². The van der Waals surface area contributed by atoms with Gasteiger partial charge in [0.1, 0.15) is 5.82 Å². The van der Waals surface area contributed by atoms with E-state index in [1.54, 1.807) is 30.3 Å². The average Bonchev–Trinajstić information content (AvgIpc) is 3.24. The fourth-order valence-electron chi connectivity index (χ4n) is 2.34. The second-order valence-corrected chi connectivity index (χ2v) is 5.98. The van der Waals surface area contributed by atoms with E-state index in [1.165, 1.54) is 15.9 Å². The van der Waals surface area contributed by atoms with Gasteiger partial charge in [-0.15, -0.1) is 16.4 Å². The highest BCUT2D eigenvalue weighted by Gasteiger charge is 2.18. The number of hydrogen-bond acceptors (Lipinski definition) is 7. The number of thiazole rings is 1. The van der Waals surface area contributed by atoms with Gasteiger partial charge < -0.3 is 15.4 Å². The summed E-state index contributed by atoms with van der Waals surface area (Å²) in [6, 6.07) is 3.31. The number of nitrogen functional groups attached to an aromatic ring is 1. The summed E-state index contributed by atoms with van der Waals surface area (Å²) in [7, 11) is 1.61. The van der Waals surface area contributed by atoms with E-state index >= 15 is 0 Å². The Balaban J connectivity index is 1.96. The second kappa shape index (κ2) is 6.93. The Kier molecular flexibility index (Phi) is 4.72. The lowest BCUT2D eigenvalue weighted by molar-refractivity contribution is 0.0706. The van der Waals surface area contributed by atoms with Crippen LogP contribution in [0.3, 0.4) is 0 Å². The smallest absolute Gasteiger partial charge is 0.254 e. The van der Waals surface area contributed by atoms with Crippen molar-refractivity contribution in [1.82, 2.24) is 24.5 Å². The Hall–Kier alpha value is -2.52. The standard InChI is InChI=1S/C15H18N6O2S/c1-3-20(5-6-23-2)15(22)10-8-11(16)21-12(9-10)18-13(19-21)14-17-4-7-24-14/h4,7-9H,3,5-6,16H2,1-2H3. The summed E-state index contributed by atoms with van der Waals surface area (Å²) in [5.41, 5.74) is 7.05. The van der Waals surface area contributed by atoms with Crippen LogP contribution < -0.4 is 5.73 Å². The van der Waals surface area contributed by atoms with E-state index in [1.807, 2.05) is 12.3 Å². The number of anilines is 1. The number of ether oxygens (including phenoxy) is 1. The molecule has 2 N–H and O–H groups in total. The molecule has 0 radical (unpaired) electrons. The zero-order valence-electron chi connectivity index (χ0n) is 13.5. The van der Waals surface area contributed by atoms with Crippen LogP contribution in [0.25, 0.3) is 16.5 Å². The van der Waals surface area contributed by atoms with E-state index in [2.05, 4.69) is 15.1 Å². The highest BCUT2D eigenvalue weighted by Crippen LogP contribution is 2.21. The van der Waals surface area contributed by atoms with Gasteiger partial charge in [0.05, 0.1) is 6.61 Å². The van der Waals surface area contributed by atoms with Crippen molar-refractivity contribution in [3.05, 3.63) is 29.3 Å². The normalized spacial score (nSPS) is 11.1. The molecule has 0 saturated heterocycles. The molecular formula is C15H18N6O2S. The molecule has 0 aliphatic carbocycles. The maximum atomic E-state index is 12.7. The van der Waals surface area contributed by atoms with Gasteiger partial charge in [0.25, 0.3) is 5.91 Å². The first-order valence-corrected chi connectivity index (χ1v) is 8.36. The quantitative estimate of drug-likeness (QED) is 0.727. The fourth-order valence-corrected chi connectivity index (χ4v) is 2.91. The number of nitrogens with zero attached hydrogens (tertiary/aromatic N) is 5. The van der Waals surface area contributed by atoms with Crippen LogP contribution in [0, 0.1) is 0 Å². The van der Waals surface area contributed by atoms with Gasteiger partial charge in [-0.05, 0) is 19.1 Å². The van der Waals surface area contributed by atoms with Gasteiger partial charge in [0.15, 0.2) is 10.7 Å². The molecule has 3 aromatic rings. The molecule has 0 aliphatic heterocycles. The van der Waals surface area contributed by atoms with Crippen molar-refractivity contribution >= 4 is 28.7 Å². The van der Waals surface area contributed by atoms with Crippen molar-refractivity contribution in [2.75, 3.05) is 32.5 Å². The van der Waals surface area contributed by atoms with E-state index in [0.29, 0.717) is 47.6 Å². The molecule has 3 rings (SSSR count). The first-order chi connectivity index (χ1) is 11.6. The van der Waals surface area contributed by atoms with Crippen LogP contribution in [0.2, 0.25) is 0 Å². The van der Waals surface area contributed by atoms with Gasteiger partial charge in [-0.3, -0.25) is 4.79 Å². The number of pyridine rings is 1. The van der Waals surface area contributed by atoms with Crippen molar-refractivity contribution in [2.24, 2.45) is 0 Å². The van der Waals surface area contributed by atoms with Crippen LogP contribution >= 0.6 is 11.3 Å². The van der Waals surface area contributed by atoms with Crippen LogP contribution in [-0.4, -0.2) is 57.2 Å². The lowest BCUT2D eigenvalue weighted by Crippen LogP contribution is -2.33. The summed E-state index contributed by atoms with van der Waals surface area (Å²) in [4.78, 5) is 23.0. The third-order valence-electron chi connectivity index (χ3n) is 3.57. The summed E-state index contributed by atoms with van der Waals surface area (Å²) in [6.45, 7) is 3.52. The first-order valence-electron chi connectivity index (χ1n) is 7.48. The Bertz CT molecular complexity index is 845. The van der Waals surface area contributed by atoms with Gasteiger partial charge in [0.2, 0.25) is 5.82 Å². The lowest BCUT2D eigenvalue weighted by Gasteiger charge is -2.20. The van der Waals surface area contributed by atoms with Crippen molar-refractivity contribution in [1.29, 1.82) is 0 Å². The Morgan fingerprint density at radius 3 is 2.96 bits per heavy atom. The van der Waals surface area contributed by atoms with Crippen LogP contribution in [0.5, 0.6) is 0 Å². The van der Waals surface area contributed by atoms with E-state index in [9.17, 15) is 4.79 Å². The topological polar surface area (TPSA) is 98.6 Å². The molecule has 9 heteroatoms. The monoisotopic (exact) mass is 346 g/mol. The molecule has 0 atom stereocenters. The van der Waals surface area contributed by atoms with Gasteiger partial charge in [-0.2, -0.15) is 4.52 Å². The number of likely N-dealkylation sites (N-methyl/N-ethyl adjacent to an activating group) is 1. The molecule has 126 valence electrons. The number of rotatable bonds is 6. The summed E-state index contributed by atoms with van der Waals surface area (Å²) in [6.07, 6.45) is 1.69. The van der Waals surface area contributed by atoms with Crippen LogP contribution in [0.1, 0.15) is 17.3 Å². The Labute approximate surface area is 142 Å². The summed E-state index contributed by atoms with van der Waals surface area (Å²) >= 11 is 1.45. The fraction of sp³-hybridized carbons (Fsp3) is 0.333. The van der Waals surface area contributed by atoms with Crippen molar-refractivity contribution in [2.45, 2.75) is 6.92 Å².